The number of aliphatic hydroxyl groups excluding tert-OH is 1. The van der Waals surface area contributed by atoms with E-state index < -0.39 is 17.8 Å². The number of amides is 1. The lowest BCUT2D eigenvalue weighted by Gasteiger charge is -2.43. The lowest BCUT2D eigenvalue weighted by Crippen LogP contribution is -2.62. The Hall–Kier alpha value is -2.37. The minimum atomic E-state index is -0.653. The van der Waals surface area contributed by atoms with Gasteiger partial charge < -0.3 is 9.84 Å². The van der Waals surface area contributed by atoms with Gasteiger partial charge in [-0.25, -0.2) is 9.39 Å². The second kappa shape index (κ2) is 10.6. The van der Waals surface area contributed by atoms with E-state index in [1.54, 1.807) is 11.9 Å². The van der Waals surface area contributed by atoms with Crippen LogP contribution in [0.2, 0.25) is 0 Å². The summed E-state index contributed by atoms with van der Waals surface area (Å²) in [7, 11) is 2.05. The molecule has 1 unspecified atom stereocenters. The van der Waals surface area contributed by atoms with Crippen LogP contribution >= 0.6 is 0 Å². The first-order valence-corrected chi connectivity index (χ1v) is 10.7. The average Bonchev–Trinajstić information content (AvgIpc) is 2.66. The summed E-state index contributed by atoms with van der Waals surface area (Å²) in [6.45, 7) is 8.89. The fourth-order valence-electron chi connectivity index (χ4n) is 3.56. The third-order valence-electron chi connectivity index (χ3n) is 4.94. The third-order valence-corrected chi connectivity index (χ3v) is 4.94. The van der Waals surface area contributed by atoms with Gasteiger partial charge in [-0.1, -0.05) is 60.7 Å². The van der Waals surface area contributed by atoms with Crippen molar-refractivity contribution in [2.75, 3.05) is 20.1 Å². The quantitative estimate of drug-likeness (QED) is 0.475. The van der Waals surface area contributed by atoms with E-state index in [0.29, 0.717) is 11.1 Å². The number of aliphatic hydroxyl groups is 1. The van der Waals surface area contributed by atoms with Crippen LogP contribution in [0.5, 0.6) is 0 Å². The SMILES string of the molecule is CC(O)CN(C(=O)OC(C)(C)C)[N@@+](C)(CCCc1ccccc1)Cc1ccccc1. The lowest BCUT2D eigenvalue weighted by molar-refractivity contribution is -1.02. The third kappa shape index (κ3) is 7.81. The molecule has 0 saturated carbocycles. The maximum absolute atomic E-state index is 13.1. The van der Waals surface area contributed by atoms with Gasteiger partial charge in [-0.05, 0) is 39.7 Å². The van der Waals surface area contributed by atoms with Crippen molar-refractivity contribution in [2.24, 2.45) is 0 Å². The van der Waals surface area contributed by atoms with Gasteiger partial charge in [-0.3, -0.25) is 0 Å². The Bertz CT molecular complexity index is 772. The summed E-state index contributed by atoms with van der Waals surface area (Å²) in [6.07, 6.45) is 0.786. The molecule has 0 spiro atoms. The van der Waals surface area contributed by atoms with Gasteiger partial charge in [0, 0.05) is 12.0 Å². The lowest BCUT2D eigenvalue weighted by atomic mass is 10.1. The summed E-state index contributed by atoms with van der Waals surface area (Å²) in [5, 5.41) is 11.8. The Morgan fingerprint density at radius 1 is 1.03 bits per heavy atom. The van der Waals surface area contributed by atoms with Gasteiger partial charge >= 0.3 is 6.09 Å². The molecule has 0 aliphatic heterocycles. The molecule has 0 radical (unpaired) electrons. The zero-order valence-electron chi connectivity index (χ0n) is 19.0. The zero-order chi connectivity index (χ0) is 22.2. The summed E-state index contributed by atoms with van der Waals surface area (Å²) in [5.74, 6) is 0. The molecule has 0 aliphatic carbocycles. The summed E-state index contributed by atoms with van der Waals surface area (Å²) in [6, 6.07) is 20.5. The molecule has 0 aliphatic rings. The second-order valence-corrected chi connectivity index (χ2v) is 9.21. The van der Waals surface area contributed by atoms with Crippen LogP contribution in [0.1, 0.15) is 45.2 Å². The van der Waals surface area contributed by atoms with Crippen molar-refractivity contribution in [3.05, 3.63) is 71.8 Å². The largest absolute Gasteiger partial charge is 0.455 e. The highest BCUT2D eigenvalue weighted by Crippen LogP contribution is 2.22. The van der Waals surface area contributed by atoms with Crippen LogP contribution in [-0.2, 0) is 17.7 Å². The van der Waals surface area contributed by atoms with Crippen LogP contribution in [0.25, 0.3) is 0 Å². The van der Waals surface area contributed by atoms with E-state index in [1.807, 2.05) is 64.2 Å². The standard InChI is InChI=1S/C25H37N2O3/c1-21(28)19-26(24(29)30-25(2,3)4)27(5,20-23-15-10-7-11-16-23)18-12-17-22-13-8-6-9-14-22/h6-11,13-16,21,28H,12,17-20H2,1-5H3/q+1/t21?,27-/m0/s1. The predicted octanol–water partition coefficient (Wildman–Crippen LogP) is 4.80. The number of hydrogen-bond acceptors (Lipinski definition) is 3. The number of ether oxygens (including phenoxy) is 1. The number of carbonyl (C=O) groups is 1. The highest BCUT2D eigenvalue weighted by Gasteiger charge is 2.38. The smallest absolute Gasteiger partial charge is 0.441 e. The molecular weight excluding hydrogens is 376 g/mol. The van der Waals surface area contributed by atoms with Gasteiger partial charge in [0.05, 0.1) is 13.2 Å². The van der Waals surface area contributed by atoms with Crippen molar-refractivity contribution in [3.8, 4) is 0 Å². The van der Waals surface area contributed by atoms with E-state index in [2.05, 4.69) is 24.3 Å². The van der Waals surface area contributed by atoms with Crippen molar-refractivity contribution in [1.29, 1.82) is 0 Å². The minimum absolute atomic E-state index is 0.212. The molecule has 0 fully saturated rings. The first-order valence-electron chi connectivity index (χ1n) is 10.7. The van der Waals surface area contributed by atoms with Crippen LogP contribution < -0.4 is 0 Å². The molecule has 0 saturated heterocycles. The van der Waals surface area contributed by atoms with Crippen LogP contribution in [0.3, 0.4) is 0 Å². The molecule has 0 aromatic heterocycles. The molecule has 5 nitrogen and oxygen atoms in total. The van der Waals surface area contributed by atoms with Crippen LogP contribution in [-0.4, -0.2) is 52.6 Å². The molecule has 1 amide bonds. The molecule has 30 heavy (non-hydrogen) atoms. The average molecular weight is 414 g/mol. The highest BCUT2D eigenvalue weighted by molar-refractivity contribution is 5.66. The number of quaternary nitrogens is 1. The number of benzene rings is 2. The van der Waals surface area contributed by atoms with E-state index >= 15 is 0 Å². The molecule has 164 valence electrons. The van der Waals surface area contributed by atoms with Crippen LogP contribution in [0, 0.1) is 0 Å². The normalized spacial score (nSPS) is 14.6. The fourth-order valence-corrected chi connectivity index (χ4v) is 3.56. The molecule has 0 bridgehead atoms. The molecule has 1 N–H and O–H groups in total. The van der Waals surface area contributed by atoms with Crippen molar-refractivity contribution >= 4 is 6.09 Å². The molecule has 2 aromatic carbocycles. The first kappa shape index (κ1) is 23.9. The maximum atomic E-state index is 13.1. The summed E-state index contributed by atoms with van der Waals surface area (Å²) >= 11 is 0. The summed E-state index contributed by atoms with van der Waals surface area (Å²) < 4.78 is 6.05. The second-order valence-electron chi connectivity index (χ2n) is 9.21. The van der Waals surface area contributed by atoms with Crippen LogP contribution in [0.4, 0.5) is 4.79 Å². The molecule has 5 heteroatoms. The Balaban J connectivity index is 2.27. The van der Waals surface area contributed by atoms with Gasteiger partial charge in [0.25, 0.3) is 0 Å². The van der Waals surface area contributed by atoms with Crippen molar-refractivity contribution in [3.63, 3.8) is 0 Å². The summed E-state index contributed by atoms with van der Waals surface area (Å²) in [4.78, 5) is 13.1. The van der Waals surface area contributed by atoms with Gasteiger partial charge in [0.15, 0.2) is 0 Å². The van der Waals surface area contributed by atoms with E-state index in [1.165, 1.54) is 5.56 Å². The molecule has 2 aromatic rings. The van der Waals surface area contributed by atoms with E-state index in [-0.39, 0.29) is 6.54 Å². The number of hydrogen-bond donors (Lipinski definition) is 1. The molecular formula is C25H37N2O3+. The monoisotopic (exact) mass is 413 g/mol. The predicted molar refractivity (Wildman–Crippen MR) is 121 cm³/mol. The summed E-state index contributed by atoms with van der Waals surface area (Å²) in [5.41, 5.74) is 1.82. The van der Waals surface area contributed by atoms with E-state index in [4.69, 9.17) is 4.74 Å². The maximum Gasteiger partial charge on any atom is 0.455 e. The minimum Gasteiger partial charge on any atom is -0.441 e. The fraction of sp³-hybridized carbons (Fsp3) is 0.480. The number of rotatable bonds is 9. The number of aryl methyl sites for hydroxylation is 1. The Labute approximate surface area is 181 Å². The highest BCUT2D eigenvalue weighted by atomic mass is 16.6. The number of carbonyl (C=O) groups excluding carboxylic acids is 1. The van der Waals surface area contributed by atoms with Gasteiger partial charge in [0.1, 0.15) is 25.2 Å². The molecule has 2 atom stereocenters. The topological polar surface area (TPSA) is 49.8 Å². The van der Waals surface area contributed by atoms with Gasteiger partial charge in [-0.2, -0.15) is 0 Å². The molecule has 2 rings (SSSR count). The van der Waals surface area contributed by atoms with E-state index in [0.717, 1.165) is 24.9 Å². The van der Waals surface area contributed by atoms with Crippen LogP contribution in [0.15, 0.2) is 60.7 Å². The van der Waals surface area contributed by atoms with E-state index in [9.17, 15) is 9.90 Å². The molecule has 0 heterocycles. The Kier molecular flexibility index (Phi) is 8.44. The van der Waals surface area contributed by atoms with Crippen molar-refractivity contribution in [1.82, 2.24) is 5.01 Å². The Morgan fingerprint density at radius 3 is 2.07 bits per heavy atom. The van der Waals surface area contributed by atoms with Crippen molar-refractivity contribution < 1.29 is 19.2 Å². The first-order chi connectivity index (χ1) is 14.1. The number of nitrogens with zero attached hydrogens (tertiary/aromatic N) is 2. The van der Waals surface area contributed by atoms with Gasteiger partial charge in [0.2, 0.25) is 0 Å². The van der Waals surface area contributed by atoms with Gasteiger partial charge in [-0.15, -0.1) is 5.01 Å². The van der Waals surface area contributed by atoms with Crippen molar-refractivity contribution in [2.45, 2.75) is 58.8 Å². The Morgan fingerprint density at radius 2 is 1.57 bits per heavy atom. The zero-order valence-corrected chi connectivity index (χ0v) is 19.0.